The lowest BCUT2D eigenvalue weighted by atomic mass is 10.2. The van der Waals surface area contributed by atoms with Gasteiger partial charge in [0.2, 0.25) is 5.95 Å². The molecule has 0 saturated carbocycles. The first-order valence-electron chi connectivity index (χ1n) is 12.7. The van der Waals surface area contributed by atoms with Gasteiger partial charge in [0, 0.05) is 0 Å². The van der Waals surface area contributed by atoms with E-state index in [0.717, 1.165) is 0 Å². The Kier molecular flexibility index (Phi) is 8.10. The van der Waals surface area contributed by atoms with Crippen LogP contribution in [-0.2, 0) is 39.8 Å². The number of aliphatic hydroxyl groups excluding tert-OH is 1. The van der Waals surface area contributed by atoms with Crippen molar-refractivity contribution in [2.24, 2.45) is 0 Å². The highest BCUT2D eigenvalue weighted by Crippen LogP contribution is 2.50. The maximum Gasteiger partial charge on any atom is 0.325 e. The predicted molar refractivity (Wildman–Crippen MR) is 146 cm³/mol. The van der Waals surface area contributed by atoms with Crippen molar-refractivity contribution in [1.29, 1.82) is 0 Å². The molecular weight excluding hydrogens is 618 g/mol. The fourth-order valence-electron chi connectivity index (χ4n) is 4.71. The molecular formula is C21H26FN10O9PS. The largest absolute Gasteiger partial charge is 0.385 e. The maximum absolute atomic E-state index is 14.3. The minimum absolute atomic E-state index is 0.000533. The Morgan fingerprint density at radius 2 is 2.02 bits per heavy atom. The monoisotopic (exact) mass is 644 g/mol. The van der Waals surface area contributed by atoms with Gasteiger partial charge in [-0.1, -0.05) is 0 Å². The van der Waals surface area contributed by atoms with Gasteiger partial charge >= 0.3 is 6.72 Å². The molecule has 2 saturated heterocycles. The van der Waals surface area contributed by atoms with Crippen molar-refractivity contribution in [2.75, 3.05) is 31.5 Å². The number of aliphatic hydroxyl groups is 1. The lowest BCUT2D eigenvalue weighted by Crippen LogP contribution is -2.41. The topological polar surface area (TPSA) is 255 Å². The average Bonchev–Trinajstić information content (AvgIpc) is 3.66. The van der Waals surface area contributed by atoms with Crippen molar-refractivity contribution in [3.8, 4) is 0 Å². The molecule has 0 radical (unpaired) electrons. The number of hydrogen-bond donors (Lipinski definition) is 5. The van der Waals surface area contributed by atoms with Crippen LogP contribution < -0.4 is 17.0 Å². The number of nitrogens with zero attached hydrogens (tertiary/aromatic N) is 7. The van der Waals surface area contributed by atoms with E-state index in [1.54, 1.807) is 6.92 Å². The molecule has 8 atom stereocenters. The van der Waals surface area contributed by atoms with Gasteiger partial charge in [-0.2, -0.15) is 4.98 Å². The third-order valence-corrected chi connectivity index (χ3v) is 8.34. The summed E-state index contributed by atoms with van der Waals surface area (Å²) in [7, 11) is 0. The molecule has 232 valence electrons. The third kappa shape index (κ3) is 5.71. The van der Waals surface area contributed by atoms with Crippen LogP contribution in [0.3, 0.4) is 0 Å². The number of aromatic amines is 1. The molecule has 2 bridgehead atoms. The second-order valence-corrected chi connectivity index (χ2v) is 12.3. The molecule has 6 rings (SSSR count). The number of nitrogens with one attached hydrogen (secondary N) is 1. The number of nitrogens with two attached hydrogens (primary N) is 2. The molecule has 2 aliphatic rings. The number of fused-ring (bicyclic) bond motifs is 4. The lowest BCUT2D eigenvalue weighted by molar-refractivity contribution is -0.241. The van der Waals surface area contributed by atoms with Gasteiger partial charge in [-0.3, -0.25) is 23.4 Å². The zero-order valence-electron chi connectivity index (χ0n) is 22.2. The fourth-order valence-corrected chi connectivity index (χ4v) is 6.12. The Balaban J connectivity index is 1.26. The molecule has 2 aliphatic heterocycles. The maximum atomic E-state index is 14.3. The van der Waals surface area contributed by atoms with Crippen LogP contribution in [0.25, 0.3) is 22.3 Å². The SMILES string of the molecule is C[C@@H](OC1COP(O)(=S)OC2C(O)C(OCO[C@@H]1CF)OC2n1cnc2c(=O)[nH]c(N)nc21)n1cnc2c(N)ncnc21. The number of ether oxygens (including phenoxy) is 4. The predicted octanol–water partition coefficient (Wildman–Crippen LogP) is -0.796. The molecule has 22 heteroatoms. The number of aromatic nitrogens is 8. The smallest absolute Gasteiger partial charge is 0.325 e. The van der Waals surface area contributed by atoms with E-state index in [-0.39, 0.29) is 22.9 Å². The van der Waals surface area contributed by atoms with Gasteiger partial charge < -0.3 is 44.9 Å². The molecule has 6 unspecified atom stereocenters. The van der Waals surface area contributed by atoms with Crippen molar-refractivity contribution in [2.45, 2.75) is 50.1 Å². The van der Waals surface area contributed by atoms with Crippen molar-refractivity contribution < 1.29 is 42.4 Å². The van der Waals surface area contributed by atoms with Gasteiger partial charge in [0.15, 0.2) is 41.9 Å². The molecule has 0 spiro atoms. The lowest BCUT2D eigenvalue weighted by Gasteiger charge is -2.31. The Morgan fingerprint density at radius 1 is 1.23 bits per heavy atom. The van der Waals surface area contributed by atoms with Gasteiger partial charge in [0.1, 0.15) is 49.2 Å². The van der Waals surface area contributed by atoms with Crippen molar-refractivity contribution in [3.63, 3.8) is 0 Å². The molecule has 2 fully saturated rings. The number of alkyl halides is 1. The van der Waals surface area contributed by atoms with E-state index in [2.05, 4.69) is 29.9 Å². The van der Waals surface area contributed by atoms with Crippen LogP contribution in [0.4, 0.5) is 16.2 Å². The number of rotatable bonds is 5. The van der Waals surface area contributed by atoms with Crippen LogP contribution in [0.2, 0.25) is 0 Å². The zero-order chi connectivity index (χ0) is 30.5. The first kappa shape index (κ1) is 29.8. The summed E-state index contributed by atoms with van der Waals surface area (Å²) in [4.78, 5) is 46.0. The molecule has 0 amide bonds. The average molecular weight is 645 g/mol. The zero-order valence-corrected chi connectivity index (χ0v) is 23.9. The first-order chi connectivity index (χ1) is 20.6. The summed E-state index contributed by atoms with van der Waals surface area (Å²) < 4.78 is 51.4. The van der Waals surface area contributed by atoms with E-state index in [9.17, 15) is 19.2 Å². The van der Waals surface area contributed by atoms with Crippen LogP contribution in [0.15, 0.2) is 23.8 Å². The number of imidazole rings is 2. The summed E-state index contributed by atoms with van der Waals surface area (Å²) >= 11 is 5.22. The number of halogens is 1. The molecule has 4 aromatic heterocycles. The second-order valence-electron chi connectivity index (χ2n) is 9.50. The van der Waals surface area contributed by atoms with E-state index in [1.807, 2.05) is 0 Å². The molecule has 4 aromatic rings. The summed E-state index contributed by atoms with van der Waals surface area (Å²) in [5.41, 5.74) is 11.6. The van der Waals surface area contributed by atoms with Gasteiger partial charge in [0.05, 0.1) is 19.3 Å². The van der Waals surface area contributed by atoms with E-state index in [4.69, 9.17) is 51.3 Å². The summed E-state index contributed by atoms with van der Waals surface area (Å²) in [5.74, 6) is -0.0345. The van der Waals surface area contributed by atoms with Crippen LogP contribution in [0.1, 0.15) is 19.4 Å². The van der Waals surface area contributed by atoms with Crippen LogP contribution in [0, 0.1) is 0 Å². The third-order valence-electron chi connectivity index (χ3n) is 6.78. The fraction of sp³-hybridized carbons (Fsp3) is 0.524. The quantitative estimate of drug-likeness (QED) is 0.167. The van der Waals surface area contributed by atoms with Crippen molar-refractivity contribution in [1.82, 2.24) is 39.0 Å². The normalized spacial score (nSPS) is 31.2. The summed E-state index contributed by atoms with van der Waals surface area (Å²) in [6.45, 7) is -4.64. The molecule has 43 heavy (non-hydrogen) atoms. The Labute approximate surface area is 245 Å². The van der Waals surface area contributed by atoms with E-state index in [0.29, 0.717) is 11.2 Å². The summed E-state index contributed by atoms with van der Waals surface area (Å²) in [5, 5.41) is 11.0. The standard InChI is InChI=1S/C21H26FN10O9PS/c1-8(31-5-27-11-15(23)25-4-26-16(11)31)39-10-3-38-42(35,43)41-14-13(33)20(37-7-36-9(10)2-22)40-19(14)32-6-28-12-17(32)29-21(24)30-18(12)34/h4-6,8-10,13-14,19-20,33H,2-3,7H2,1H3,(H,35,43)(H2,23,25,26)(H3,24,29,30,34)/t8-,9-,10?,13?,14?,19?,20?,42?/m1/s1. The molecule has 19 nitrogen and oxygen atoms in total. The minimum atomic E-state index is -4.19. The molecule has 0 aromatic carbocycles. The number of hydrogen-bond acceptors (Lipinski definition) is 16. The number of anilines is 2. The van der Waals surface area contributed by atoms with E-state index < -0.39 is 75.5 Å². The van der Waals surface area contributed by atoms with Crippen LogP contribution in [-0.4, -0.2) is 99.8 Å². The first-order valence-corrected chi connectivity index (χ1v) is 15.2. The number of nitrogen functional groups attached to an aromatic ring is 2. The highest BCUT2D eigenvalue weighted by molar-refractivity contribution is 8.07. The van der Waals surface area contributed by atoms with E-state index >= 15 is 0 Å². The van der Waals surface area contributed by atoms with Crippen molar-refractivity contribution in [3.05, 3.63) is 29.3 Å². The van der Waals surface area contributed by atoms with E-state index in [1.165, 1.54) is 28.1 Å². The second kappa shape index (κ2) is 11.7. The Morgan fingerprint density at radius 3 is 2.81 bits per heavy atom. The molecule has 7 N–H and O–H groups in total. The molecule has 6 heterocycles. The van der Waals surface area contributed by atoms with Gasteiger partial charge in [-0.25, -0.2) is 24.3 Å². The Bertz CT molecular complexity index is 1740. The molecule has 0 aliphatic carbocycles. The minimum Gasteiger partial charge on any atom is -0.385 e. The van der Waals surface area contributed by atoms with Crippen molar-refractivity contribution >= 4 is 52.6 Å². The van der Waals surface area contributed by atoms with Gasteiger partial charge in [0.25, 0.3) is 5.56 Å². The van der Waals surface area contributed by atoms with Crippen LogP contribution in [0.5, 0.6) is 0 Å². The highest BCUT2D eigenvalue weighted by atomic mass is 32.5. The summed E-state index contributed by atoms with van der Waals surface area (Å²) in [6.07, 6.45) is -4.99. The summed E-state index contributed by atoms with van der Waals surface area (Å²) in [6, 6.07) is 0. The highest BCUT2D eigenvalue weighted by Gasteiger charge is 2.50. The van der Waals surface area contributed by atoms with Crippen LogP contribution >= 0.6 is 6.72 Å². The van der Waals surface area contributed by atoms with Gasteiger partial charge in [-0.05, 0) is 18.7 Å². The van der Waals surface area contributed by atoms with Gasteiger partial charge in [-0.15, -0.1) is 0 Å². The number of H-pyrrole nitrogens is 1. The Hall–Kier alpha value is -3.24.